The van der Waals surface area contributed by atoms with Gasteiger partial charge in [0.15, 0.2) is 12.2 Å². The molecule has 7 nitrogen and oxygen atoms in total. The number of imide groups is 1. The summed E-state index contributed by atoms with van der Waals surface area (Å²) in [4.78, 5) is 33.7. The van der Waals surface area contributed by atoms with Gasteiger partial charge in [0.25, 0.3) is 5.91 Å². The normalized spacial score (nSPS) is 12.9. The highest BCUT2D eigenvalue weighted by atomic mass is 35.5. The Balaban J connectivity index is 2.61. The number of carbonyl (C=O) groups excluding carboxylic acids is 3. The summed E-state index contributed by atoms with van der Waals surface area (Å²) in [6.07, 6.45) is -2.23. The Morgan fingerprint density at radius 1 is 1.18 bits per heavy atom. The highest BCUT2D eigenvalue weighted by Crippen LogP contribution is 2.28. The molecule has 0 aliphatic heterocycles. The average Bonchev–Trinajstić information content (AvgIpc) is 2.40. The Hall–Kier alpha value is -1.99. The summed E-state index contributed by atoms with van der Waals surface area (Å²) in [5, 5.41) is 2.45. The quantitative estimate of drug-likeness (QED) is 0.790. The van der Waals surface area contributed by atoms with Gasteiger partial charge in [-0.2, -0.15) is 0 Å². The van der Waals surface area contributed by atoms with Gasteiger partial charge in [-0.1, -0.05) is 23.2 Å². The van der Waals surface area contributed by atoms with Crippen molar-refractivity contribution in [2.24, 2.45) is 5.73 Å². The fourth-order valence-electron chi connectivity index (χ4n) is 1.36. The number of esters is 1. The van der Waals surface area contributed by atoms with Crippen molar-refractivity contribution in [1.29, 1.82) is 0 Å². The summed E-state index contributed by atoms with van der Waals surface area (Å²) in [5.74, 6) is -1.40. The lowest BCUT2D eigenvalue weighted by molar-refractivity contribution is -0.160. The molecule has 0 bridgehead atoms. The molecule has 0 unspecified atom stereocenters. The Morgan fingerprint density at radius 2 is 1.82 bits per heavy atom. The molecule has 1 aromatic rings. The number of hydrogen-bond donors (Lipinski definition) is 2. The van der Waals surface area contributed by atoms with Crippen LogP contribution in [0.15, 0.2) is 18.2 Å². The van der Waals surface area contributed by atoms with Gasteiger partial charge in [-0.3, -0.25) is 10.1 Å². The third-order valence-electron chi connectivity index (χ3n) is 2.44. The van der Waals surface area contributed by atoms with Crippen LogP contribution in [0.1, 0.15) is 13.8 Å². The number of nitrogens with two attached hydrogens (primary N) is 1. The van der Waals surface area contributed by atoms with Crippen molar-refractivity contribution in [2.75, 3.05) is 0 Å². The number of amides is 3. The lowest BCUT2D eigenvalue weighted by atomic mass is 10.3. The first kappa shape index (κ1) is 18.1. The lowest BCUT2D eigenvalue weighted by Crippen LogP contribution is -2.43. The van der Waals surface area contributed by atoms with E-state index in [0.717, 1.165) is 0 Å². The molecule has 120 valence electrons. The van der Waals surface area contributed by atoms with Crippen LogP contribution < -0.4 is 15.8 Å². The zero-order chi connectivity index (χ0) is 16.9. The van der Waals surface area contributed by atoms with Gasteiger partial charge in [-0.15, -0.1) is 0 Å². The average molecular weight is 349 g/mol. The third-order valence-corrected chi connectivity index (χ3v) is 2.97. The molecule has 0 saturated heterocycles. The highest BCUT2D eigenvalue weighted by molar-refractivity contribution is 6.35. The van der Waals surface area contributed by atoms with E-state index in [4.69, 9.17) is 38.4 Å². The summed E-state index contributed by atoms with van der Waals surface area (Å²) in [7, 11) is 0. The Morgan fingerprint density at radius 3 is 2.36 bits per heavy atom. The molecule has 0 radical (unpaired) electrons. The fourth-order valence-corrected chi connectivity index (χ4v) is 1.81. The van der Waals surface area contributed by atoms with E-state index in [-0.39, 0.29) is 10.8 Å². The molecule has 0 heterocycles. The van der Waals surface area contributed by atoms with Gasteiger partial charge in [0.2, 0.25) is 0 Å². The maximum Gasteiger partial charge on any atom is 0.347 e. The van der Waals surface area contributed by atoms with Crippen molar-refractivity contribution < 1.29 is 23.9 Å². The molecule has 0 spiro atoms. The molecule has 1 aromatic carbocycles. The SMILES string of the molecule is C[C@@H](OC(=O)[C@@H](C)Oc1ccc(Cl)cc1Cl)C(=O)NC(N)=O. The monoisotopic (exact) mass is 348 g/mol. The molecule has 0 aliphatic rings. The predicted molar refractivity (Wildman–Crippen MR) is 79.8 cm³/mol. The zero-order valence-electron chi connectivity index (χ0n) is 11.8. The second kappa shape index (κ2) is 7.86. The van der Waals surface area contributed by atoms with Gasteiger partial charge in [0, 0.05) is 5.02 Å². The second-order valence-corrected chi connectivity index (χ2v) is 5.11. The molecular weight excluding hydrogens is 335 g/mol. The van der Waals surface area contributed by atoms with Crippen molar-refractivity contribution in [2.45, 2.75) is 26.1 Å². The first-order valence-electron chi connectivity index (χ1n) is 6.13. The van der Waals surface area contributed by atoms with Crippen molar-refractivity contribution in [3.8, 4) is 5.75 Å². The minimum Gasteiger partial charge on any atom is -0.477 e. The Kier molecular flexibility index (Phi) is 6.45. The summed E-state index contributed by atoms with van der Waals surface area (Å²) in [6.45, 7) is 2.71. The number of halogens is 2. The molecule has 1 rings (SSSR count). The number of urea groups is 1. The van der Waals surface area contributed by atoms with E-state index in [1.807, 2.05) is 0 Å². The van der Waals surface area contributed by atoms with Gasteiger partial charge < -0.3 is 15.2 Å². The van der Waals surface area contributed by atoms with Gasteiger partial charge in [-0.05, 0) is 32.0 Å². The van der Waals surface area contributed by atoms with Crippen LogP contribution in [0, 0.1) is 0 Å². The third kappa shape index (κ3) is 5.42. The lowest BCUT2D eigenvalue weighted by Gasteiger charge is -2.17. The first-order chi connectivity index (χ1) is 10.2. The van der Waals surface area contributed by atoms with Gasteiger partial charge in [-0.25, -0.2) is 9.59 Å². The summed E-state index contributed by atoms with van der Waals surface area (Å²) >= 11 is 11.7. The predicted octanol–water partition coefficient (Wildman–Crippen LogP) is 1.89. The molecule has 0 fully saturated rings. The number of hydrogen-bond acceptors (Lipinski definition) is 5. The molecule has 3 amide bonds. The van der Waals surface area contributed by atoms with Crippen LogP contribution >= 0.6 is 23.2 Å². The molecule has 0 aliphatic carbocycles. The van der Waals surface area contributed by atoms with E-state index in [0.29, 0.717) is 5.02 Å². The van der Waals surface area contributed by atoms with E-state index < -0.39 is 30.1 Å². The van der Waals surface area contributed by atoms with Crippen LogP contribution in [0.2, 0.25) is 10.0 Å². The molecule has 3 N–H and O–H groups in total. The summed E-state index contributed by atoms with van der Waals surface area (Å²) < 4.78 is 10.2. The maximum absolute atomic E-state index is 11.8. The first-order valence-corrected chi connectivity index (χ1v) is 6.88. The summed E-state index contributed by atoms with van der Waals surface area (Å²) in [5.41, 5.74) is 4.79. The number of benzene rings is 1. The van der Waals surface area contributed by atoms with E-state index >= 15 is 0 Å². The second-order valence-electron chi connectivity index (χ2n) is 4.27. The van der Waals surface area contributed by atoms with E-state index in [9.17, 15) is 14.4 Å². The highest BCUT2D eigenvalue weighted by Gasteiger charge is 2.24. The number of primary amides is 1. The van der Waals surface area contributed by atoms with Crippen molar-refractivity contribution in [3.63, 3.8) is 0 Å². The van der Waals surface area contributed by atoms with Gasteiger partial charge in [0.05, 0.1) is 5.02 Å². The van der Waals surface area contributed by atoms with Crippen LogP contribution in [-0.2, 0) is 14.3 Å². The van der Waals surface area contributed by atoms with Crippen LogP contribution in [0.5, 0.6) is 5.75 Å². The molecule has 0 saturated carbocycles. The smallest absolute Gasteiger partial charge is 0.347 e. The van der Waals surface area contributed by atoms with Crippen molar-refractivity contribution in [3.05, 3.63) is 28.2 Å². The molecule has 22 heavy (non-hydrogen) atoms. The van der Waals surface area contributed by atoms with Crippen LogP contribution in [0.4, 0.5) is 4.79 Å². The van der Waals surface area contributed by atoms with Gasteiger partial charge >= 0.3 is 12.0 Å². The maximum atomic E-state index is 11.8. The minimum absolute atomic E-state index is 0.228. The van der Waals surface area contributed by atoms with E-state index in [1.165, 1.54) is 26.0 Å². The molecule has 0 aromatic heterocycles. The standard InChI is InChI=1S/C13H14Cl2N2O5/c1-6(11(18)17-13(16)20)22-12(19)7(2)21-10-4-3-8(14)5-9(10)15/h3-7H,1-2H3,(H3,16,17,18,20)/t6-,7-/m1/s1. The number of nitrogens with one attached hydrogen (secondary N) is 1. The van der Waals surface area contributed by atoms with E-state index in [1.54, 1.807) is 11.4 Å². The van der Waals surface area contributed by atoms with Crippen LogP contribution in [-0.4, -0.2) is 30.1 Å². The molecule has 2 atom stereocenters. The van der Waals surface area contributed by atoms with Crippen LogP contribution in [0.25, 0.3) is 0 Å². The number of rotatable bonds is 5. The van der Waals surface area contributed by atoms with Crippen LogP contribution in [0.3, 0.4) is 0 Å². The summed E-state index contributed by atoms with van der Waals surface area (Å²) in [6, 6.07) is 3.46. The van der Waals surface area contributed by atoms with E-state index in [2.05, 4.69) is 0 Å². The van der Waals surface area contributed by atoms with Crippen molar-refractivity contribution >= 4 is 41.1 Å². The molecular formula is C13H14Cl2N2O5. The largest absolute Gasteiger partial charge is 0.477 e. The number of ether oxygens (including phenoxy) is 2. The Labute approximate surface area is 136 Å². The fraction of sp³-hybridized carbons (Fsp3) is 0.308. The molecule has 9 heteroatoms. The zero-order valence-corrected chi connectivity index (χ0v) is 13.3. The number of carbonyl (C=O) groups is 3. The van der Waals surface area contributed by atoms with Crippen molar-refractivity contribution in [1.82, 2.24) is 5.32 Å². The topological polar surface area (TPSA) is 108 Å². The van der Waals surface area contributed by atoms with Gasteiger partial charge in [0.1, 0.15) is 5.75 Å². The minimum atomic E-state index is -1.20. The Bertz CT molecular complexity index is 594.